The van der Waals surface area contributed by atoms with Crippen molar-refractivity contribution in [3.05, 3.63) is 70.4 Å². The topological polar surface area (TPSA) is 26.3 Å². The van der Waals surface area contributed by atoms with Crippen molar-refractivity contribution in [1.29, 1.82) is 0 Å². The van der Waals surface area contributed by atoms with Crippen LogP contribution in [0.3, 0.4) is 0 Å². The van der Waals surface area contributed by atoms with Crippen LogP contribution in [0.4, 0.5) is 0 Å². The van der Waals surface area contributed by atoms with E-state index < -0.39 is 0 Å². The molecule has 1 aliphatic rings. The maximum absolute atomic E-state index is 12.1. The number of ether oxygens (including phenoxy) is 1. The normalized spacial score (nSPS) is 15.6. The van der Waals surface area contributed by atoms with Crippen LogP contribution < -0.4 is 4.74 Å². The summed E-state index contributed by atoms with van der Waals surface area (Å²) >= 11 is 5.87. The number of hydrogen-bond donors (Lipinski definition) is 0. The zero-order valence-corrected chi connectivity index (χ0v) is 10.1. The third-order valence-electron chi connectivity index (χ3n) is 2.73. The second kappa shape index (κ2) is 4.31. The van der Waals surface area contributed by atoms with Gasteiger partial charge >= 0.3 is 0 Å². The van der Waals surface area contributed by atoms with Gasteiger partial charge in [0.15, 0.2) is 5.76 Å². The lowest BCUT2D eigenvalue weighted by Crippen LogP contribution is -1.97. The number of rotatable bonds is 1. The summed E-state index contributed by atoms with van der Waals surface area (Å²) in [6.07, 6.45) is 1.73. The summed E-state index contributed by atoms with van der Waals surface area (Å²) < 4.78 is 5.53. The fraction of sp³-hybridized carbons (Fsp3) is 0. The van der Waals surface area contributed by atoms with Crippen LogP contribution in [0.2, 0.25) is 5.02 Å². The van der Waals surface area contributed by atoms with E-state index in [9.17, 15) is 4.79 Å². The number of fused-ring (bicyclic) bond motifs is 1. The average molecular weight is 257 g/mol. The third-order valence-corrected chi connectivity index (χ3v) is 2.96. The molecule has 2 aromatic rings. The highest BCUT2D eigenvalue weighted by atomic mass is 35.5. The Balaban J connectivity index is 2.00. The van der Waals surface area contributed by atoms with Crippen LogP contribution in [0.15, 0.2) is 54.3 Å². The standard InChI is InChI=1S/C15H9ClO2/c16-11-6-7-13-12(9-11)15(17)14(18-13)8-10-4-2-1-3-5-10/h1-9H/b14-8-. The monoisotopic (exact) mass is 256 g/mol. The Hall–Kier alpha value is -2.06. The van der Waals surface area contributed by atoms with Crippen molar-refractivity contribution in [1.82, 2.24) is 0 Å². The van der Waals surface area contributed by atoms with Crippen molar-refractivity contribution in [3.8, 4) is 5.75 Å². The van der Waals surface area contributed by atoms with E-state index in [0.29, 0.717) is 22.1 Å². The first-order valence-corrected chi connectivity index (χ1v) is 5.91. The van der Waals surface area contributed by atoms with Crippen LogP contribution in [0.25, 0.3) is 6.08 Å². The van der Waals surface area contributed by atoms with Crippen LogP contribution >= 0.6 is 11.6 Å². The lowest BCUT2D eigenvalue weighted by Gasteiger charge is -1.98. The lowest BCUT2D eigenvalue weighted by atomic mass is 10.1. The zero-order valence-electron chi connectivity index (χ0n) is 9.39. The molecule has 0 saturated heterocycles. The molecule has 0 unspecified atom stereocenters. The molecule has 0 amide bonds. The minimum atomic E-state index is -0.128. The summed E-state index contributed by atoms with van der Waals surface area (Å²) in [6.45, 7) is 0. The minimum absolute atomic E-state index is 0.128. The molecule has 3 rings (SSSR count). The molecule has 0 aromatic heterocycles. The predicted octanol–water partition coefficient (Wildman–Crippen LogP) is 3.96. The number of carbonyl (C=O) groups is 1. The summed E-state index contributed by atoms with van der Waals surface area (Å²) in [5.41, 5.74) is 1.45. The van der Waals surface area contributed by atoms with Gasteiger partial charge in [0.05, 0.1) is 5.56 Å². The molecule has 0 saturated carbocycles. The van der Waals surface area contributed by atoms with E-state index in [2.05, 4.69) is 0 Å². The molecular formula is C15H9ClO2. The molecule has 0 radical (unpaired) electrons. The number of benzene rings is 2. The molecule has 18 heavy (non-hydrogen) atoms. The van der Waals surface area contributed by atoms with E-state index in [0.717, 1.165) is 5.56 Å². The first kappa shape index (κ1) is 11.1. The van der Waals surface area contributed by atoms with E-state index in [1.54, 1.807) is 24.3 Å². The van der Waals surface area contributed by atoms with Gasteiger partial charge in [-0.15, -0.1) is 0 Å². The van der Waals surface area contributed by atoms with Gasteiger partial charge in [0.25, 0.3) is 0 Å². The highest BCUT2D eigenvalue weighted by Gasteiger charge is 2.27. The number of ketones is 1. The second-order valence-corrected chi connectivity index (χ2v) is 4.43. The van der Waals surface area contributed by atoms with Crippen LogP contribution in [0.1, 0.15) is 15.9 Å². The summed E-state index contributed by atoms with van der Waals surface area (Å²) in [5.74, 6) is 0.765. The van der Waals surface area contributed by atoms with Gasteiger partial charge in [0.1, 0.15) is 5.75 Å². The molecule has 0 N–H and O–H groups in total. The Morgan fingerprint density at radius 1 is 1.06 bits per heavy atom. The molecule has 0 atom stereocenters. The molecule has 2 nitrogen and oxygen atoms in total. The smallest absolute Gasteiger partial charge is 0.232 e. The van der Waals surface area contributed by atoms with Crippen molar-refractivity contribution < 1.29 is 9.53 Å². The van der Waals surface area contributed by atoms with Gasteiger partial charge in [-0.1, -0.05) is 41.9 Å². The van der Waals surface area contributed by atoms with Crippen LogP contribution in [0.5, 0.6) is 5.75 Å². The van der Waals surface area contributed by atoms with Crippen molar-refractivity contribution in [2.75, 3.05) is 0 Å². The summed E-state index contributed by atoms with van der Waals surface area (Å²) in [4.78, 5) is 12.1. The largest absolute Gasteiger partial charge is 0.452 e. The molecule has 2 aromatic carbocycles. The van der Waals surface area contributed by atoms with Gasteiger partial charge in [-0.2, -0.15) is 0 Å². The van der Waals surface area contributed by atoms with E-state index in [1.165, 1.54) is 0 Å². The van der Waals surface area contributed by atoms with Crippen molar-refractivity contribution in [3.63, 3.8) is 0 Å². The van der Waals surface area contributed by atoms with Gasteiger partial charge in [-0.25, -0.2) is 0 Å². The summed E-state index contributed by atoms with van der Waals surface area (Å²) in [6, 6.07) is 14.6. The maximum Gasteiger partial charge on any atom is 0.232 e. The first-order valence-electron chi connectivity index (χ1n) is 5.53. The summed E-state index contributed by atoms with van der Waals surface area (Å²) in [5, 5.41) is 0.534. The van der Waals surface area contributed by atoms with Crippen molar-refractivity contribution >= 4 is 23.5 Å². The van der Waals surface area contributed by atoms with Gasteiger partial charge < -0.3 is 4.74 Å². The molecule has 3 heteroatoms. The predicted molar refractivity (Wildman–Crippen MR) is 70.8 cm³/mol. The molecule has 88 valence electrons. The Labute approximate surface area is 109 Å². The quantitative estimate of drug-likeness (QED) is 0.722. The Morgan fingerprint density at radius 2 is 1.83 bits per heavy atom. The van der Waals surface area contributed by atoms with E-state index in [4.69, 9.17) is 16.3 Å². The highest BCUT2D eigenvalue weighted by Crippen LogP contribution is 2.33. The maximum atomic E-state index is 12.1. The molecular weight excluding hydrogens is 248 g/mol. The number of hydrogen-bond acceptors (Lipinski definition) is 2. The average Bonchev–Trinajstić information content (AvgIpc) is 2.68. The molecule has 0 spiro atoms. The Bertz CT molecular complexity index is 645. The SMILES string of the molecule is O=C1/C(=C/c2ccccc2)Oc2ccc(Cl)cc21. The fourth-order valence-electron chi connectivity index (χ4n) is 1.86. The van der Waals surface area contributed by atoms with Crippen LogP contribution in [-0.2, 0) is 0 Å². The van der Waals surface area contributed by atoms with Gasteiger partial charge in [0, 0.05) is 5.02 Å². The van der Waals surface area contributed by atoms with E-state index >= 15 is 0 Å². The Kier molecular flexibility index (Phi) is 2.65. The van der Waals surface area contributed by atoms with E-state index in [-0.39, 0.29) is 5.78 Å². The summed E-state index contributed by atoms with van der Waals surface area (Å²) in [7, 11) is 0. The van der Waals surface area contributed by atoms with Crippen LogP contribution in [0, 0.1) is 0 Å². The van der Waals surface area contributed by atoms with Gasteiger partial charge in [-0.05, 0) is 29.8 Å². The molecule has 0 aliphatic carbocycles. The Morgan fingerprint density at radius 3 is 2.61 bits per heavy atom. The lowest BCUT2D eigenvalue weighted by molar-refractivity contribution is 0.101. The number of Topliss-reactive ketones (excluding diaryl/α,β-unsaturated/α-hetero) is 1. The first-order chi connectivity index (χ1) is 8.74. The molecule has 1 aliphatic heterocycles. The molecule has 0 bridgehead atoms. The second-order valence-electron chi connectivity index (χ2n) is 3.99. The number of halogens is 1. The molecule has 0 fully saturated rings. The van der Waals surface area contributed by atoms with Crippen molar-refractivity contribution in [2.24, 2.45) is 0 Å². The van der Waals surface area contributed by atoms with E-state index in [1.807, 2.05) is 30.3 Å². The van der Waals surface area contributed by atoms with Gasteiger partial charge in [-0.3, -0.25) is 4.79 Å². The number of carbonyl (C=O) groups excluding carboxylic acids is 1. The molecule has 1 heterocycles. The van der Waals surface area contributed by atoms with Gasteiger partial charge in [0.2, 0.25) is 5.78 Å². The van der Waals surface area contributed by atoms with Crippen molar-refractivity contribution in [2.45, 2.75) is 0 Å². The number of allylic oxidation sites excluding steroid dienone is 1. The fourth-order valence-corrected chi connectivity index (χ4v) is 2.03. The zero-order chi connectivity index (χ0) is 12.5. The minimum Gasteiger partial charge on any atom is -0.452 e. The third kappa shape index (κ3) is 1.91. The highest BCUT2D eigenvalue weighted by molar-refractivity contribution is 6.31. The van der Waals surface area contributed by atoms with Crippen LogP contribution in [-0.4, -0.2) is 5.78 Å².